The fourth-order valence-corrected chi connectivity index (χ4v) is 4.37. The molecule has 2 aromatic rings. The van der Waals surface area contributed by atoms with Gasteiger partial charge < -0.3 is 30.7 Å². The number of aliphatic imine (C=N–C) groups is 1. The zero-order chi connectivity index (χ0) is 28.6. The number of hydrogen-bond donors (Lipinski definition) is 3. The summed E-state index contributed by atoms with van der Waals surface area (Å²) in [6.07, 6.45) is 3.77. The first kappa shape index (κ1) is 29.5. The molecular weight excluding hydrogens is 545 g/mol. The third-order valence-corrected chi connectivity index (χ3v) is 6.74. The van der Waals surface area contributed by atoms with E-state index in [0.717, 1.165) is 6.20 Å². The molecule has 1 aliphatic rings. The molecule has 206 valence electrons. The number of carbonyl (C=O) groups excluding carboxylic acids is 3. The predicted octanol–water partition coefficient (Wildman–Crippen LogP) is 3.57. The first-order valence-electron chi connectivity index (χ1n) is 11.8. The van der Waals surface area contributed by atoms with Crippen LogP contribution in [0.5, 0.6) is 17.2 Å². The molecule has 0 radical (unpaired) electrons. The second-order valence-corrected chi connectivity index (χ2v) is 9.46. The van der Waals surface area contributed by atoms with Crippen LogP contribution in [0.3, 0.4) is 0 Å². The summed E-state index contributed by atoms with van der Waals surface area (Å²) in [5.74, 6) is 0.170. The summed E-state index contributed by atoms with van der Waals surface area (Å²) in [5, 5.41) is 6.29. The molecule has 0 aliphatic carbocycles. The molecule has 1 atom stereocenters. The Morgan fingerprint density at radius 1 is 1.18 bits per heavy atom. The third-order valence-electron chi connectivity index (χ3n) is 6.09. The first-order valence-corrected chi connectivity index (χ1v) is 12.6. The summed E-state index contributed by atoms with van der Waals surface area (Å²) in [6.45, 7) is 5.23. The largest absolute Gasteiger partial charge is 0.497 e. The van der Waals surface area contributed by atoms with E-state index in [2.05, 4.69) is 22.2 Å². The standard InChI is InChI=1S/C27H29Cl2N5O5/c1-4-31-14-19(13-30)25(36)33-27(9-10-34(16-27)17(2)35)26(37)32-15-18-5-6-21(12-22(18)28)39-24-8-7-20(38-3)11-23(24)29/h4-8,11-14H,1,9-10,15-16,30H2,2-3H3,(H,32,37)(H,33,36)/b19-13+,31-14?. The number of rotatable bonds is 10. The molecule has 0 bridgehead atoms. The van der Waals surface area contributed by atoms with Crippen molar-refractivity contribution in [3.8, 4) is 17.2 Å². The van der Waals surface area contributed by atoms with Crippen LogP contribution in [0.1, 0.15) is 18.9 Å². The van der Waals surface area contributed by atoms with Gasteiger partial charge in [-0.25, -0.2) is 0 Å². The Hall–Kier alpha value is -4.02. The van der Waals surface area contributed by atoms with Crippen molar-refractivity contribution >= 4 is 47.1 Å². The highest BCUT2D eigenvalue weighted by Crippen LogP contribution is 2.34. The van der Waals surface area contributed by atoms with Crippen molar-refractivity contribution in [2.45, 2.75) is 25.4 Å². The molecule has 3 rings (SSSR count). The van der Waals surface area contributed by atoms with E-state index in [0.29, 0.717) is 39.4 Å². The maximum Gasteiger partial charge on any atom is 0.255 e. The number of amides is 3. The number of likely N-dealkylation sites (tertiary alicyclic amines) is 1. The number of nitrogens with two attached hydrogens (primary N) is 1. The quantitative estimate of drug-likeness (QED) is 0.293. The average Bonchev–Trinajstić information content (AvgIpc) is 3.35. The number of nitrogens with zero attached hydrogens (tertiary/aromatic N) is 2. The lowest BCUT2D eigenvalue weighted by atomic mass is 9.96. The Morgan fingerprint density at radius 2 is 1.90 bits per heavy atom. The average molecular weight is 574 g/mol. The number of ether oxygens (including phenoxy) is 2. The lowest BCUT2D eigenvalue weighted by molar-refractivity contribution is -0.133. The first-order chi connectivity index (χ1) is 18.6. The minimum atomic E-state index is -1.38. The van der Waals surface area contributed by atoms with E-state index >= 15 is 0 Å². The minimum absolute atomic E-state index is 0.000506. The Bertz CT molecular complexity index is 1330. The highest BCUT2D eigenvalue weighted by molar-refractivity contribution is 6.32. The molecule has 2 aromatic carbocycles. The van der Waals surface area contributed by atoms with Crippen LogP contribution in [0.4, 0.5) is 0 Å². The van der Waals surface area contributed by atoms with Gasteiger partial charge in [0.2, 0.25) is 11.8 Å². The number of carbonyl (C=O) groups is 3. The van der Waals surface area contributed by atoms with Crippen molar-refractivity contribution in [2.75, 3.05) is 20.2 Å². The fourth-order valence-electron chi connectivity index (χ4n) is 3.92. The zero-order valence-electron chi connectivity index (χ0n) is 21.5. The number of hydrogen-bond acceptors (Lipinski definition) is 7. The van der Waals surface area contributed by atoms with Gasteiger partial charge >= 0.3 is 0 Å². The van der Waals surface area contributed by atoms with Gasteiger partial charge in [-0.15, -0.1) is 0 Å². The molecule has 1 unspecified atom stereocenters. The maximum atomic E-state index is 13.4. The van der Waals surface area contributed by atoms with E-state index in [1.54, 1.807) is 43.5 Å². The molecule has 39 heavy (non-hydrogen) atoms. The number of nitrogens with one attached hydrogen (secondary N) is 2. The summed E-state index contributed by atoms with van der Waals surface area (Å²) in [7, 11) is 1.54. The van der Waals surface area contributed by atoms with Gasteiger partial charge in [-0.2, -0.15) is 0 Å². The zero-order valence-corrected chi connectivity index (χ0v) is 23.0. The molecule has 0 aromatic heterocycles. The molecule has 4 N–H and O–H groups in total. The van der Waals surface area contributed by atoms with Crippen molar-refractivity contribution < 1.29 is 23.9 Å². The monoisotopic (exact) mass is 573 g/mol. The second-order valence-electron chi connectivity index (χ2n) is 8.64. The molecule has 1 saturated heterocycles. The van der Waals surface area contributed by atoms with Crippen LogP contribution in [-0.2, 0) is 20.9 Å². The van der Waals surface area contributed by atoms with Gasteiger partial charge in [0.05, 0.1) is 24.3 Å². The fraction of sp³-hybridized carbons (Fsp3) is 0.259. The highest BCUT2D eigenvalue weighted by atomic mass is 35.5. The van der Waals surface area contributed by atoms with E-state index in [-0.39, 0.29) is 31.0 Å². The van der Waals surface area contributed by atoms with Crippen molar-refractivity contribution in [3.63, 3.8) is 0 Å². The Morgan fingerprint density at radius 3 is 2.49 bits per heavy atom. The summed E-state index contributed by atoms with van der Waals surface area (Å²) >= 11 is 12.7. The van der Waals surface area contributed by atoms with Crippen molar-refractivity contribution in [1.82, 2.24) is 15.5 Å². The van der Waals surface area contributed by atoms with Crippen LogP contribution in [0.2, 0.25) is 10.0 Å². The second kappa shape index (κ2) is 13.2. The molecule has 10 nitrogen and oxygen atoms in total. The summed E-state index contributed by atoms with van der Waals surface area (Å²) in [4.78, 5) is 43.6. The SMILES string of the molecule is C=CN=C/C(=C\N)C(=O)NC1(C(=O)NCc2ccc(Oc3ccc(OC)cc3Cl)cc2Cl)CCN(C(C)=O)C1. The molecule has 12 heteroatoms. The van der Waals surface area contributed by atoms with Crippen LogP contribution in [0, 0.1) is 0 Å². The number of methoxy groups -OCH3 is 1. The van der Waals surface area contributed by atoms with Gasteiger partial charge in [0.15, 0.2) is 0 Å². The van der Waals surface area contributed by atoms with Crippen LogP contribution < -0.4 is 25.8 Å². The van der Waals surface area contributed by atoms with Gasteiger partial charge in [-0.05, 0) is 36.2 Å². The minimum Gasteiger partial charge on any atom is -0.497 e. The van der Waals surface area contributed by atoms with Gasteiger partial charge in [0.25, 0.3) is 5.91 Å². The molecule has 1 aliphatic heterocycles. The van der Waals surface area contributed by atoms with Gasteiger partial charge in [0.1, 0.15) is 22.8 Å². The molecule has 1 fully saturated rings. The Kier molecular flexibility index (Phi) is 9.97. The van der Waals surface area contributed by atoms with Gasteiger partial charge in [-0.1, -0.05) is 35.8 Å². The number of benzene rings is 2. The highest BCUT2D eigenvalue weighted by Gasteiger charge is 2.46. The molecule has 0 spiro atoms. The Labute approximate surface area is 236 Å². The predicted molar refractivity (Wildman–Crippen MR) is 150 cm³/mol. The molecule has 0 saturated carbocycles. The lowest BCUT2D eigenvalue weighted by Gasteiger charge is -2.29. The van der Waals surface area contributed by atoms with Crippen molar-refractivity contribution in [1.29, 1.82) is 0 Å². The van der Waals surface area contributed by atoms with Crippen LogP contribution in [-0.4, -0.2) is 54.6 Å². The van der Waals surface area contributed by atoms with Gasteiger partial charge in [-0.3, -0.25) is 19.4 Å². The van der Waals surface area contributed by atoms with E-state index in [9.17, 15) is 14.4 Å². The lowest BCUT2D eigenvalue weighted by Crippen LogP contribution is -2.60. The molecule has 3 amide bonds. The van der Waals surface area contributed by atoms with Crippen molar-refractivity contribution in [2.24, 2.45) is 10.7 Å². The van der Waals surface area contributed by atoms with Crippen LogP contribution in [0.15, 0.2) is 65.9 Å². The van der Waals surface area contributed by atoms with Gasteiger partial charge in [0, 0.05) is 49.7 Å². The van der Waals surface area contributed by atoms with E-state index in [1.165, 1.54) is 24.2 Å². The Balaban J connectivity index is 1.73. The van der Waals surface area contributed by atoms with Crippen LogP contribution >= 0.6 is 23.2 Å². The third kappa shape index (κ3) is 7.30. The van der Waals surface area contributed by atoms with Crippen LogP contribution in [0.25, 0.3) is 0 Å². The smallest absolute Gasteiger partial charge is 0.255 e. The molecule has 1 heterocycles. The normalized spacial score (nSPS) is 17.1. The summed E-state index contributed by atoms with van der Waals surface area (Å²) in [5.41, 5.74) is 4.84. The van der Waals surface area contributed by atoms with E-state index in [1.807, 2.05) is 0 Å². The van der Waals surface area contributed by atoms with E-state index in [4.69, 9.17) is 38.4 Å². The topological polar surface area (TPSA) is 135 Å². The molecular formula is C27H29Cl2N5O5. The summed E-state index contributed by atoms with van der Waals surface area (Å²) in [6, 6.07) is 10.0. The summed E-state index contributed by atoms with van der Waals surface area (Å²) < 4.78 is 11.0. The van der Waals surface area contributed by atoms with E-state index < -0.39 is 17.4 Å². The maximum absolute atomic E-state index is 13.4. The number of halogens is 2. The van der Waals surface area contributed by atoms with Crippen molar-refractivity contribution in [3.05, 3.63) is 76.6 Å².